The van der Waals surface area contributed by atoms with Crippen molar-refractivity contribution < 1.29 is 30.0 Å². The molecule has 6 nitrogen and oxygen atoms in total. The highest BCUT2D eigenvalue weighted by molar-refractivity contribution is 5.85. The Labute approximate surface area is 186 Å². The summed E-state index contributed by atoms with van der Waals surface area (Å²) in [6, 6.07) is 0. The van der Waals surface area contributed by atoms with Crippen molar-refractivity contribution in [2.24, 2.45) is 22.7 Å². The molecular formula is C25H40O6. The second-order valence-electron chi connectivity index (χ2n) is 11.0. The molecule has 2 aliphatic carbocycles. The molecule has 3 aliphatic rings. The maximum absolute atomic E-state index is 11.4. The average molecular weight is 437 g/mol. The maximum Gasteiger partial charge on any atom is 0.331 e. The Kier molecular flexibility index (Phi) is 6.79. The topological polar surface area (TPSA) is 107 Å². The van der Waals surface area contributed by atoms with Gasteiger partial charge in [0.15, 0.2) is 0 Å². The number of aliphatic hydroxyl groups is 4. The summed E-state index contributed by atoms with van der Waals surface area (Å²) in [6.45, 7) is 9.57. The Morgan fingerprint density at radius 2 is 1.97 bits per heavy atom. The summed E-state index contributed by atoms with van der Waals surface area (Å²) in [5.41, 5.74) is -0.0822. The SMILES string of the molecule is CC1=CC(=O)O[C@H]1C/C=C(\C)CC[C@@H]1[C@@]2(C)CC[C@H](O)[C@@](C)(CO)[C@@H]2[C@@H](O)C[C@@]1(C)O. The fraction of sp³-hybridized carbons (Fsp3) is 0.800. The fourth-order valence-corrected chi connectivity index (χ4v) is 6.96. The van der Waals surface area contributed by atoms with Crippen molar-refractivity contribution in [3.05, 3.63) is 23.3 Å². The van der Waals surface area contributed by atoms with Crippen molar-refractivity contribution in [2.45, 2.75) is 97.1 Å². The third-order valence-corrected chi connectivity index (χ3v) is 8.65. The zero-order chi connectivity index (χ0) is 23.2. The Morgan fingerprint density at radius 1 is 1.29 bits per heavy atom. The van der Waals surface area contributed by atoms with Crippen molar-refractivity contribution in [1.29, 1.82) is 0 Å². The molecule has 4 N–H and O–H groups in total. The second kappa shape index (κ2) is 8.62. The summed E-state index contributed by atoms with van der Waals surface area (Å²) >= 11 is 0. The van der Waals surface area contributed by atoms with Crippen molar-refractivity contribution in [3.63, 3.8) is 0 Å². The summed E-state index contributed by atoms with van der Waals surface area (Å²) in [5, 5.41) is 43.1. The number of hydrogen-bond donors (Lipinski definition) is 4. The highest BCUT2D eigenvalue weighted by Crippen LogP contribution is 2.63. The monoisotopic (exact) mass is 436 g/mol. The fourth-order valence-electron chi connectivity index (χ4n) is 6.96. The first kappa shape index (κ1) is 24.4. The minimum Gasteiger partial charge on any atom is -0.454 e. The van der Waals surface area contributed by atoms with Gasteiger partial charge in [-0.2, -0.15) is 0 Å². The van der Waals surface area contributed by atoms with Crippen LogP contribution in [0, 0.1) is 22.7 Å². The lowest BCUT2D eigenvalue weighted by Crippen LogP contribution is -2.66. The number of hydrogen-bond acceptors (Lipinski definition) is 6. The highest BCUT2D eigenvalue weighted by Gasteiger charge is 2.64. The smallest absolute Gasteiger partial charge is 0.331 e. The number of carbonyl (C=O) groups excluding carboxylic acids is 1. The van der Waals surface area contributed by atoms with Crippen LogP contribution in [0.3, 0.4) is 0 Å². The lowest BCUT2D eigenvalue weighted by atomic mass is 9.43. The molecule has 0 saturated heterocycles. The summed E-state index contributed by atoms with van der Waals surface area (Å²) < 4.78 is 5.30. The van der Waals surface area contributed by atoms with Gasteiger partial charge in [-0.15, -0.1) is 0 Å². The predicted molar refractivity (Wildman–Crippen MR) is 118 cm³/mol. The van der Waals surface area contributed by atoms with Crippen LogP contribution in [-0.2, 0) is 9.53 Å². The van der Waals surface area contributed by atoms with Crippen LogP contribution in [0.5, 0.6) is 0 Å². The third-order valence-electron chi connectivity index (χ3n) is 8.65. The van der Waals surface area contributed by atoms with E-state index < -0.39 is 28.6 Å². The molecule has 1 heterocycles. The normalized spacial score (nSPS) is 45.8. The van der Waals surface area contributed by atoms with E-state index in [1.54, 1.807) is 0 Å². The van der Waals surface area contributed by atoms with Crippen molar-refractivity contribution in [1.82, 2.24) is 0 Å². The predicted octanol–water partition coefficient (Wildman–Crippen LogP) is 2.88. The number of rotatable bonds is 6. The standard InChI is InChI=1S/C25H40O6/c1-15(6-8-18-16(2)12-21(29)31-18)7-9-19-23(3)11-10-20(28)24(4,14-26)22(23)17(27)13-25(19,5)30/h6,12,17-20,22,26-28,30H,7-11,13-14H2,1-5H3/b15-6+/t17-,18-,19+,20-,22+,23+,24+,25+/m0/s1. The largest absolute Gasteiger partial charge is 0.454 e. The first-order valence-electron chi connectivity index (χ1n) is 11.6. The van der Waals surface area contributed by atoms with E-state index in [9.17, 15) is 25.2 Å². The minimum atomic E-state index is -1.02. The number of aliphatic hydroxyl groups excluding tert-OH is 3. The molecule has 176 valence electrons. The molecule has 3 rings (SSSR count). The van der Waals surface area contributed by atoms with Gasteiger partial charge in [-0.1, -0.05) is 25.5 Å². The first-order chi connectivity index (χ1) is 14.3. The molecule has 0 amide bonds. The molecule has 6 heteroatoms. The van der Waals surface area contributed by atoms with E-state index >= 15 is 0 Å². The average Bonchev–Trinajstić information content (AvgIpc) is 2.99. The minimum absolute atomic E-state index is 0.0685. The van der Waals surface area contributed by atoms with Gasteiger partial charge >= 0.3 is 5.97 Å². The number of fused-ring (bicyclic) bond motifs is 1. The van der Waals surface area contributed by atoms with Gasteiger partial charge in [0.25, 0.3) is 0 Å². The van der Waals surface area contributed by atoms with Crippen LogP contribution < -0.4 is 0 Å². The number of cyclic esters (lactones) is 1. The quantitative estimate of drug-likeness (QED) is 0.377. The molecule has 31 heavy (non-hydrogen) atoms. The molecule has 8 atom stereocenters. The van der Waals surface area contributed by atoms with Gasteiger partial charge in [-0.25, -0.2) is 4.79 Å². The maximum atomic E-state index is 11.4. The van der Waals surface area contributed by atoms with Crippen molar-refractivity contribution in [3.8, 4) is 0 Å². The van der Waals surface area contributed by atoms with Gasteiger partial charge < -0.3 is 25.2 Å². The van der Waals surface area contributed by atoms with E-state index in [4.69, 9.17) is 4.74 Å². The zero-order valence-corrected chi connectivity index (χ0v) is 19.6. The van der Waals surface area contributed by atoms with Crippen LogP contribution >= 0.6 is 0 Å². The Morgan fingerprint density at radius 3 is 2.55 bits per heavy atom. The van der Waals surface area contributed by atoms with Gasteiger partial charge in [0.05, 0.1) is 24.4 Å². The van der Waals surface area contributed by atoms with Crippen molar-refractivity contribution in [2.75, 3.05) is 6.61 Å². The van der Waals surface area contributed by atoms with Crippen LogP contribution in [-0.4, -0.2) is 56.9 Å². The van der Waals surface area contributed by atoms with Gasteiger partial charge in [0.1, 0.15) is 6.10 Å². The van der Waals surface area contributed by atoms with Crippen LogP contribution in [0.25, 0.3) is 0 Å². The van der Waals surface area contributed by atoms with E-state index in [0.29, 0.717) is 19.3 Å². The second-order valence-corrected chi connectivity index (χ2v) is 11.0. The van der Waals surface area contributed by atoms with Crippen molar-refractivity contribution >= 4 is 5.97 Å². The molecule has 0 aromatic carbocycles. The third kappa shape index (κ3) is 4.37. The summed E-state index contributed by atoms with van der Waals surface area (Å²) in [5.74, 6) is -0.634. The number of esters is 1. The van der Waals surface area contributed by atoms with Gasteiger partial charge in [-0.3, -0.25) is 0 Å². The summed E-state index contributed by atoms with van der Waals surface area (Å²) in [7, 11) is 0. The Balaban J connectivity index is 1.76. The van der Waals surface area contributed by atoms with Gasteiger partial charge in [0, 0.05) is 30.3 Å². The van der Waals surface area contributed by atoms with Crippen LogP contribution in [0.1, 0.15) is 73.1 Å². The van der Waals surface area contributed by atoms with Crippen LogP contribution in [0.4, 0.5) is 0 Å². The summed E-state index contributed by atoms with van der Waals surface area (Å²) in [6.07, 6.45) is 5.71. The lowest BCUT2D eigenvalue weighted by Gasteiger charge is -2.64. The molecule has 0 unspecified atom stereocenters. The molecule has 0 aromatic rings. The van der Waals surface area contributed by atoms with Gasteiger partial charge in [-0.05, 0) is 63.4 Å². The van der Waals surface area contributed by atoms with E-state index in [1.807, 2.05) is 20.8 Å². The molecular weight excluding hydrogens is 396 g/mol. The van der Waals surface area contributed by atoms with E-state index in [0.717, 1.165) is 18.4 Å². The Hall–Kier alpha value is -1.21. The molecule has 0 bridgehead atoms. The molecule has 2 saturated carbocycles. The number of carbonyl (C=O) groups is 1. The molecule has 0 spiro atoms. The zero-order valence-electron chi connectivity index (χ0n) is 19.6. The Bertz CT molecular complexity index is 755. The highest BCUT2D eigenvalue weighted by atomic mass is 16.5. The molecule has 0 radical (unpaired) electrons. The van der Waals surface area contributed by atoms with E-state index in [1.165, 1.54) is 11.6 Å². The first-order valence-corrected chi connectivity index (χ1v) is 11.6. The molecule has 2 fully saturated rings. The van der Waals surface area contributed by atoms with Gasteiger partial charge in [0.2, 0.25) is 0 Å². The van der Waals surface area contributed by atoms with Crippen LogP contribution in [0.2, 0.25) is 0 Å². The number of allylic oxidation sites excluding steroid dienone is 1. The molecule has 0 aromatic heterocycles. The van der Waals surface area contributed by atoms with E-state index in [2.05, 4.69) is 19.9 Å². The molecule has 1 aliphatic heterocycles. The lowest BCUT2D eigenvalue weighted by molar-refractivity contribution is -0.246. The van der Waals surface area contributed by atoms with Crippen LogP contribution in [0.15, 0.2) is 23.3 Å². The number of ether oxygens (including phenoxy) is 1. The van der Waals surface area contributed by atoms with E-state index in [-0.39, 0.29) is 36.9 Å². The summed E-state index contributed by atoms with van der Waals surface area (Å²) in [4.78, 5) is 11.4.